The average Bonchev–Trinajstić information content (AvgIpc) is 2.33. The number of hydrogen-bond donors (Lipinski definition) is 1. The number of rotatable bonds is 3. The summed E-state index contributed by atoms with van der Waals surface area (Å²) in [6.45, 7) is 7.00. The molecule has 0 bridgehead atoms. The van der Waals surface area contributed by atoms with E-state index in [9.17, 15) is 0 Å². The van der Waals surface area contributed by atoms with Crippen molar-refractivity contribution in [3.8, 4) is 0 Å². The van der Waals surface area contributed by atoms with Gasteiger partial charge in [-0.05, 0) is 19.8 Å². The van der Waals surface area contributed by atoms with Gasteiger partial charge in [0.25, 0.3) is 0 Å². The lowest BCUT2D eigenvalue weighted by molar-refractivity contribution is 0.382. The minimum absolute atomic E-state index is 0.386. The van der Waals surface area contributed by atoms with E-state index in [4.69, 9.17) is 0 Å². The molecule has 1 fully saturated rings. The summed E-state index contributed by atoms with van der Waals surface area (Å²) in [5.41, 5.74) is 0.386. The Labute approximate surface area is 77.4 Å². The van der Waals surface area contributed by atoms with Crippen molar-refractivity contribution in [1.29, 1.82) is 0 Å². The van der Waals surface area contributed by atoms with Gasteiger partial charge in [0.2, 0.25) is 0 Å². The van der Waals surface area contributed by atoms with Gasteiger partial charge in [-0.2, -0.15) is 0 Å². The van der Waals surface area contributed by atoms with Gasteiger partial charge in [0.1, 0.15) is 0 Å². The number of halogens is 1. The highest BCUT2D eigenvalue weighted by atomic mass is 79.9. The van der Waals surface area contributed by atoms with Crippen LogP contribution in [0.2, 0.25) is 0 Å². The van der Waals surface area contributed by atoms with E-state index in [1.54, 1.807) is 0 Å². The monoisotopic (exact) mass is 217 g/mol. The molecule has 0 amide bonds. The molecule has 0 aromatic carbocycles. The van der Waals surface area contributed by atoms with Crippen molar-refractivity contribution in [3.05, 3.63) is 11.1 Å². The highest BCUT2D eigenvalue weighted by Crippen LogP contribution is 2.28. The van der Waals surface area contributed by atoms with Gasteiger partial charge in [-0.25, -0.2) is 0 Å². The van der Waals surface area contributed by atoms with Gasteiger partial charge in [0.05, 0.1) is 0 Å². The van der Waals surface area contributed by atoms with Crippen molar-refractivity contribution in [3.63, 3.8) is 0 Å². The Balaban J connectivity index is 2.28. The molecule has 0 unspecified atom stereocenters. The molecule has 0 aromatic rings. The average molecular weight is 218 g/mol. The fraction of sp³-hybridized carbons (Fsp3) is 0.778. The molecular formula is C9H16BrN. The number of nitrogens with one attached hydrogen (secondary N) is 1. The molecule has 0 aliphatic heterocycles. The predicted molar refractivity (Wildman–Crippen MR) is 52.9 cm³/mol. The summed E-state index contributed by atoms with van der Waals surface area (Å²) in [5, 5.41) is 3.51. The summed E-state index contributed by atoms with van der Waals surface area (Å²) in [6.07, 6.45) is 5.37. The van der Waals surface area contributed by atoms with E-state index < -0.39 is 0 Å². The second kappa shape index (κ2) is 3.72. The molecule has 0 saturated heterocycles. The van der Waals surface area contributed by atoms with Crippen molar-refractivity contribution < 1.29 is 0 Å². The van der Waals surface area contributed by atoms with E-state index in [0.29, 0.717) is 5.54 Å². The first-order valence-electron chi connectivity index (χ1n) is 4.21. The molecule has 11 heavy (non-hydrogen) atoms. The van der Waals surface area contributed by atoms with Crippen LogP contribution in [0.1, 0.15) is 32.6 Å². The van der Waals surface area contributed by atoms with Crippen molar-refractivity contribution in [2.24, 2.45) is 0 Å². The van der Waals surface area contributed by atoms with E-state index in [-0.39, 0.29) is 0 Å². The lowest BCUT2D eigenvalue weighted by atomic mass is 10.0. The van der Waals surface area contributed by atoms with Crippen LogP contribution in [-0.2, 0) is 0 Å². The smallest absolute Gasteiger partial charge is 0.0270 e. The van der Waals surface area contributed by atoms with Crippen LogP contribution in [-0.4, -0.2) is 12.1 Å². The van der Waals surface area contributed by atoms with Crippen molar-refractivity contribution in [2.45, 2.75) is 38.1 Å². The van der Waals surface area contributed by atoms with Gasteiger partial charge in [-0.3, -0.25) is 0 Å². The van der Waals surface area contributed by atoms with Crippen LogP contribution in [0.5, 0.6) is 0 Å². The molecule has 1 aliphatic rings. The lowest BCUT2D eigenvalue weighted by Gasteiger charge is -2.25. The van der Waals surface area contributed by atoms with E-state index in [1.807, 2.05) is 0 Å². The van der Waals surface area contributed by atoms with Crippen LogP contribution in [0, 0.1) is 0 Å². The largest absolute Gasteiger partial charge is 0.307 e. The zero-order chi connectivity index (χ0) is 8.32. The second-order valence-electron chi connectivity index (χ2n) is 3.64. The molecule has 0 heterocycles. The summed E-state index contributed by atoms with van der Waals surface area (Å²) < 4.78 is 1.05. The molecule has 2 heteroatoms. The highest BCUT2D eigenvalue weighted by Gasteiger charge is 2.27. The summed E-state index contributed by atoms with van der Waals surface area (Å²) in [4.78, 5) is 0. The van der Waals surface area contributed by atoms with Crippen LogP contribution in [0.3, 0.4) is 0 Å². The first kappa shape index (κ1) is 9.27. The molecule has 1 nitrogen and oxygen atoms in total. The predicted octanol–water partition coefficient (Wildman–Crippen LogP) is 2.82. The Bertz CT molecular complexity index is 148. The maximum absolute atomic E-state index is 3.80. The SMILES string of the molecule is C=C(Br)CNC1(C)CCCC1. The summed E-state index contributed by atoms with van der Waals surface area (Å²) in [6, 6.07) is 0. The minimum atomic E-state index is 0.386. The van der Waals surface area contributed by atoms with Gasteiger partial charge < -0.3 is 5.32 Å². The molecule has 1 saturated carbocycles. The molecular weight excluding hydrogens is 202 g/mol. The molecule has 0 atom stereocenters. The molecule has 1 N–H and O–H groups in total. The Morgan fingerprint density at radius 2 is 2.09 bits per heavy atom. The van der Waals surface area contributed by atoms with E-state index in [1.165, 1.54) is 25.7 Å². The maximum atomic E-state index is 3.80. The third-order valence-corrected chi connectivity index (χ3v) is 2.69. The molecule has 1 aliphatic carbocycles. The quantitative estimate of drug-likeness (QED) is 0.768. The topological polar surface area (TPSA) is 12.0 Å². The van der Waals surface area contributed by atoms with Crippen LogP contribution < -0.4 is 5.32 Å². The standard InChI is InChI=1S/C9H16BrN/c1-8(10)7-11-9(2)5-3-4-6-9/h11H,1,3-7H2,2H3. The van der Waals surface area contributed by atoms with Gasteiger partial charge in [0.15, 0.2) is 0 Å². The van der Waals surface area contributed by atoms with E-state index in [2.05, 4.69) is 34.7 Å². The Hall–Kier alpha value is 0.180. The van der Waals surface area contributed by atoms with Gasteiger partial charge in [-0.15, -0.1) is 0 Å². The lowest BCUT2D eigenvalue weighted by Crippen LogP contribution is -2.39. The first-order chi connectivity index (χ1) is 5.12. The molecule has 64 valence electrons. The fourth-order valence-electron chi connectivity index (χ4n) is 1.64. The molecule has 0 spiro atoms. The van der Waals surface area contributed by atoms with E-state index >= 15 is 0 Å². The Morgan fingerprint density at radius 3 is 2.55 bits per heavy atom. The third kappa shape index (κ3) is 2.96. The summed E-state index contributed by atoms with van der Waals surface area (Å²) in [7, 11) is 0. The van der Waals surface area contributed by atoms with Crippen LogP contribution >= 0.6 is 15.9 Å². The first-order valence-corrected chi connectivity index (χ1v) is 5.00. The molecule has 0 radical (unpaired) electrons. The highest BCUT2D eigenvalue weighted by molar-refractivity contribution is 9.11. The van der Waals surface area contributed by atoms with Crippen LogP contribution in [0.15, 0.2) is 11.1 Å². The van der Waals surface area contributed by atoms with Crippen molar-refractivity contribution >= 4 is 15.9 Å². The number of hydrogen-bond acceptors (Lipinski definition) is 1. The molecule has 0 aromatic heterocycles. The van der Waals surface area contributed by atoms with Crippen LogP contribution in [0.4, 0.5) is 0 Å². The second-order valence-corrected chi connectivity index (χ2v) is 4.76. The van der Waals surface area contributed by atoms with Crippen molar-refractivity contribution in [2.75, 3.05) is 6.54 Å². The minimum Gasteiger partial charge on any atom is -0.307 e. The third-order valence-electron chi connectivity index (χ3n) is 2.41. The zero-order valence-corrected chi connectivity index (χ0v) is 8.71. The maximum Gasteiger partial charge on any atom is 0.0270 e. The fourth-order valence-corrected chi connectivity index (χ4v) is 1.78. The Kier molecular flexibility index (Phi) is 3.14. The van der Waals surface area contributed by atoms with Gasteiger partial charge in [0, 0.05) is 16.6 Å². The van der Waals surface area contributed by atoms with Gasteiger partial charge >= 0.3 is 0 Å². The van der Waals surface area contributed by atoms with E-state index in [0.717, 1.165) is 11.0 Å². The van der Waals surface area contributed by atoms with Crippen molar-refractivity contribution in [1.82, 2.24) is 5.32 Å². The summed E-state index contributed by atoms with van der Waals surface area (Å²) in [5.74, 6) is 0. The summed E-state index contributed by atoms with van der Waals surface area (Å²) >= 11 is 3.35. The zero-order valence-electron chi connectivity index (χ0n) is 7.12. The molecule has 1 rings (SSSR count). The van der Waals surface area contributed by atoms with Gasteiger partial charge in [-0.1, -0.05) is 35.4 Å². The normalized spacial score (nSPS) is 22.0. The van der Waals surface area contributed by atoms with Crippen LogP contribution in [0.25, 0.3) is 0 Å². The Morgan fingerprint density at radius 1 is 1.55 bits per heavy atom.